The molecule has 3 N–H and O–H groups in total. The highest BCUT2D eigenvalue weighted by Crippen LogP contribution is 2.28. The number of ether oxygens (including phenoxy) is 2. The molecule has 34 heavy (non-hydrogen) atoms. The van der Waals surface area contributed by atoms with E-state index >= 15 is 0 Å². The first kappa shape index (κ1) is 24.5. The van der Waals surface area contributed by atoms with Crippen LogP contribution in [-0.4, -0.2) is 70.7 Å². The molecule has 2 saturated heterocycles. The summed E-state index contributed by atoms with van der Waals surface area (Å²) in [5, 5.41) is 9.33. The van der Waals surface area contributed by atoms with E-state index in [9.17, 15) is 13.2 Å². The standard InChI is InChI=1S/C24H32N4O5S/c1-18-4-2-5-19(14-18)27-24(29)17-26-23-15-21(34(30,31)28-9-12-32-13-10-28)7-8-22(23)25-16-20-6-3-11-33-20/h2,4-5,7-8,14-15,20,25-26H,3,6,9-13,16-17H2,1H3,(H,27,29). The maximum atomic E-state index is 13.2. The molecular formula is C24H32N4O5S. The van der Waals surface area contributed by atoms with Gasteiger partial charge in [0, 0.05) is 31.9 Å². The van der Waals surface area contributed by atoms with Crippen molar-refractivity contribution in [2.75, 3.05) is 62.0 Å². The lowest BCUT2D eigenvalue weighted by Crippen LogP contribution is -2.40. The van der Waals surface area contributed by atoms with E-state index in [1.54, 1.807) is 18.2 Å². The van der Waals surface area contributed by atoms with Crippen molar-refractivity contribution in [3.63, 3.8) is 0 Å². The molecule has 9 nitrogen and oxygen atoms in total. The molecule has 4 rings (SSSR count). The monoisotopic (exact) mass is 488 g/mol. The molecule has 0 saturated carbocycles. The predicted octanol–water partition coefficient (Wildman–Crippen LogP) is 2.66. The number of carbonyl (C=O) groups excluding carboxylic acids is 1. The van der Waals surface area contributed by atoms with Crippen molar-refractivity contribution in [3.8, 4) is 0 Å². The molecule has 2 aliphatic rings. The van der Waals surface area contributed by atoms with Crippen molar-refractivity contribution >= 4 is 33.0 Å². The van der Waals surface area contributed by atoms with Gasteiger partial charge in [-0.2, -0.15) is 4.31 Å². The zero-order chi connectivity index (χ0) is 24.0. The molecular weight excluding hydrogens is 456 g/mol. The van der Waals surface area contributed by atoms with Crippen molar-refractivity contribution in [2.24, 2.45) is 0 Å². The van der Waals surface area contributed by atoms with Crippen LogP contribution in [0, 0.1) is 6.92 Å². The van der Waals surface area contributed by atoms with Gasteiger partial charge in [0.05, 0.1) is 42.1 Å². The molecule has 2 aromatic carbocycles. The van der Waals surface area contributed by atoms with Crippen LogP contribution in [-0.2, 0) is 24.3 Å². The number of hydrogen-bond donors (Lipinski definition) is 3. The number of morpholine rings is 1. The third-order valence-corrected chi connectivity index (χ3v) is 7.78. The Kier molecular flexibility index (Phi) is 8.04. The lowest BCUT2D eigenvalue weighted by molar-refractivity contribution is -0.114. The van der Waals surface area contributed by atoms with Crippen LogP contribution in [0.5, 0.6) is 0 Å². The zero-order valence-corrected chi connectivity index (χ0v) is 20.2. The topological polar surface area (TPSA) is 109 Å². The largest absolute Gasteiger partial charge is 0.381 e. The Bertz CT molecular complexity index is 1100. The lowest BCUT2D eigenvalue weighted by atomic mass is 10.2. The fraction of sp³-hybridized carbons (Fsp3) is 0.458. The average Bonchev–Trinajstić information content (AvgIpc) is 3.36. The fourth-order valence-corrected chi connectivity index (χ4v) is 5.49. The van der Waals surface area contributed by atoms with Crippen molar-refractivity contribution in [1.29, 1.82) is 0 Å². The van der Waals surface area contributed by atoms with Crippen LogP contribution in [0.25, 0.3) is 0 Å². The Balaban J connectivity index is 1.49. The molecule has 0 radical (unpaired) electrons. The van der Waals surface area contributed by atoms with Gasteiger partial charge >= 0.3 is 0 Å². The number of nitrogens with zero attached hydrogens (tertiary/aromatic N) is 1. The Labute approximate surface area is 200 Å². The van der Waals surface area contributed by atoms with E-state index in [1.807, 2.05) is 31.2 Å². The molecule has 2 fully saturated rings. The molecule has 184 valence electrons. The van der Waals surface area contributed by atoms with Crippen LogP contribution >= 0.6 is 0 Å². The zero-order valence-electron chi connectivity index (χ0n) is 19.4. The van der Waals surface area contributed by atoms with E-state index in [1.165, 1.54) is 4.31 Å². The fourth-order valence-electron chi connectivity index (χ4n) is 4.05. The first-order chi connectivity index (χ1) is 16.4. The van der Waals surface area contributed by atoms with Gasteiger partial charge in [-0.05, 0) is 55.7 Å². The van der Waals surface area contributed by atoms with E-state index < -0.39 is 10.0 Å². The van der Waals surface area contributed by atoms with Gasteiger partial charge in [0.2, 0.25) is 15.9 Å². The van der Waals surface area contributed by atoms with Crippen LogP contribution < -0.4 is 16.0 Å². The predicted molar refractivity (Wildman–Crippen MR) is 132 cm³/mol. The summed E-state index contributed by atoms with van der Waals surface area (Å²) in [6.07, 6.45) is 2.14. The van der Waals surface area contributed by atoms with Crippen molar-refractivity contribution in [3.05, 3.63) is 48.0 Å². The number of benzene rings is 2. The summed E-state index contributed by atoms with van der Waals surface area (Å²) in [6, 6.07) is 12.5. The lowest BCUT2D eigenvalue weighted by Gasteiger charge is -2.26. The Morgan fingerprint density at radius 3 is 2.62 bits per heavy atom. The highest BCUT2D eigenvalue weighted by Gasteiger charge is 2.27. The number of nitrogens with one attached hydrogen (secondary N) is 3. The molecule has 2 aliphatic heterocycles. The number of aryl methyl sites for hydroxylation is 1. The van der Waals surface area contributed by atoms with E-state index in [0.29, 0.717) is 44.2 Å². The Hall–Kier alpha value is -2.66. The van der Waals surface area contributed by atoms with Crippen molar-refractivity contribution < 1.29 is 22.7 Å². The number of rotatable bonds is 9. The Morgan fingerprint density at radius 1 is 1.06 bits per heavy atom. The summed E-state index contributed by atoms with van der Waals surface area (Å²) >= 11 is 0. The molecule has 2 heterocycles. The summed E-state index contributed by atoms with van der Waals surface area (Å²) in [7, 11) is -3.66. The molecule has 0 spiro atoms. The highest BCUT2D eigenvalue weighted by atomic mass is 32.2. The third kappa shape index (κ3) is 6.26. The summed E-state index contributed by atoms with van der Waals surface area (Å²) in [6.45, 7) is 4.72. The summed E-state index contributed by atoms with van der Waals surface area (Å²) in [5.74, 6) is -0.225. The quantitative estimate of drug-likeness (QED) is 0.498. The molecule has 0 aromatic heterocycles. The molecule has 0 bridgehead atoms. The second-order valence-corrected chi connectivity index (χ2v) is 10.4. The van der Waals surface area contributed by atoms with Crippen LogP contribution in [0.4, 0.5) is 17.1 Å². The number of hydrogen-bond acceptors (Lipinski definition) is 7. The molecule has 10 heteroatoms. The van der Waals surface area contributed by atoms with E-state index in [4.69, 9.17) is 9.47 Å². The average molecular weight is 489 g/mol. The Morgan fingerprint density at radius 2 is 1.88 bits per heavy atom. The number of amides is 1. The first-order valence-corrected chi connectivity index (χ1v) is 13.0. The third-order valence-electron chi connectivity index (χ3n) is 5.88. The van der Waals surface area contributed by atoms with Gasteiger partial charge in [0.25, 0.3) is 0 Å². The second kappa shape index (κ2) is 11.2. The minimum Gasteiger partial charge on any atom is -0.381 e. The van der Waals surface area contributed by atoms with Crippen LogP contribution in [0.2, 0.25) is 0 Å². The smallest absolute Gasteiger partial charge is 0.243 e. The number of sulfonamides is 1. The van der Waals surface area contributed by atoms with Gasteiger partial charge < -0.3 is 25.4 Å². The minimum absolute atomic E-state index is 0.0103. The summed E-state index contributed by atoms with van der Waals surface area (Å²) in [4.78, 5) is 12.7. The van der Waals surface area contributed by atoms with Crippen LogP contribution in [0.1, 0.15) is 18.4 Å². The SMILES string of the molecule is Cc1cccc(NC(=O)CNc2cc(S(=O)(=O)N3CCOCC3)ccc2NCC2CCCO2)c1. The van der Waals surface area contributed by atoms with Crippen molar-refractivity contribution in [1.82, 2.24) is 4.31 Å². The molecule has 1 amide bonds. The van der Waals surface area contributed by atoms with Gasteiger partial charge in [-0.3, -0.25) is 4.79 Å². The minimum atomic E-state index is -3.66. The molecule has 1 unspecified atom stereocenters. The molecule has 0 aliphatic carbocycles. The van der Waals surface area contributed by atoms with Gasteiger partial charge in [-0.15, -0.1) is 0 Å². The molecule has 1 atom stereocenters. The van der Waals surface area contributed by atoms with Gasteiger partial charge in [0.1, 0.15) is 0 Å². The highest BCUT2D eigenvalue weighted by molar-refractivity contribution is 7.89. The maximum Gasteiger partial charge on any atom is 0.243 e. The van der Waals surface area contributed by atoms with Crippen molar-refractivity contribution in [2.45, 2.75) is 30.8 Å². The second-order valence-electron chi connectivity index (χ2n) is 8.51. The van der Waals surface area contributed by atoms with Gasteiger partial charge in [-0.1, -0.05) is 12.1 Å². The van der Waals surface area contributed by atoms with Gasteiger partial charge in [0.15, 0.2) is 0 Å². The number of anilines is 3. The maximum absolute atomic E-state index is 13.2. The first-order valence-electron chi connectivity index (χ1n) is 11.6. The number of carbonyl (C=O) groups is 1. The summed E-state index contributed by atoms with van der Waals surface area (Å²) < 4.78 is 38.7. The van der Waals surface area contributed by atoms with Gasteiger partial charge in [-0.25, -0.2) is 8.42 Å². The van der Waals surface area contributed by atoms with Crippen LogP contribution in [0.3, 0.4) is 0 Å². The summed E-state index contributed by atoms with van der Waals surface area (Å²) in [5.41, 5.74) is 3.03. The van der Waals surface area contributed by atoms with Crippen LogP contribution in [0.15, 0.2) is 47.4 Å². The molecule has 2 aromatic rings. The normalized spacial score (nSPS) is 19.0. The van der Waals surface area contributed by atoms with E-state index in [-0.39, 0.29) is 23.5 Å². The van der Waals surface area contributed by atoms with E-state index in [2.05, 4.69) is 16.0 Å². The van der Waals surface area contributed by atoms with E-state index in [0.717, 1.165) is 30.7 Å².